The van der Waals surface area contributed by atoms with Crippen LogP contribution >= 0.6 is 0 Å². The van der Waals surface area contributed by atoms with Crippen LogP contribution in [-0.2, 0) is 25.4 Å². The van der Waals surface area contributed by atoms with Crippen LogP contribution in [0, 0.1) is 17.2 Å². The summed E-state index contributed by atoms with van der Waals surface area (Å²) in [6.07, 6.45) is -4.02. The highest BCUT2D eigenvalue weighted by molar-refractivity contribution is 5.75. The molecular formula is C23H24F3N7O4. The van der Waals surface area contributed by atoms with E-state index < -0.39 is 17.8 Å². The lowest BCUT2D eigenvalue weighted by molar-refractivity contribution is -0.192. The van der Waals surface area contributed by atoms with Crippen molar-refractivity contribution in [3.8, 4) is 6.07 Å². The maximum Gasteiger partial charge on any atom is 0.490 e. The van der Waals surface area contributed by atoms with Gasteiger partial charge in [-0.2, -0.15) is 23.4 Å². The Bertz CT molecular complexity index is 1520. The average Bonchev–Trinajstić information content (AvgIpc) is 3.56. The number of halogens is 3. The number of imidazole rings is 1. The van der Waals surface area contributed by atoms with Crippen molar-refractivity contribution in [1.82, 2.24) is 24.0 Å². The fourth-order valence-corrected chi connectivity index (χ4v) is 4.84. The number of benzene rings is 1. The number of aryl methyl sites for hydroxylation is 1. The first-order valence-electron chi connectivity index (χ1n) is 11.4. The lowest BCUT2D eigenvalue weighted by atomic mass is 10.1. The molecule has 11 nitrogen and oxygen atoms in total. The van der Waals surface area contributed by atoms with E-state index in [1.807, 2.05) is 22.8 Å². The minimum absolute atomic E-state index is 0.313. The van der Waals surface area contributed by atoms with Gasteiger partial charge in [0.1, 0.15) is 0 Å². The molecule has 2 unspecified atom stereocenters. The van der Waals surface area contributed by atoms with Gasteiger partial charge < -0.3 is 15.3 Å². The Hall–Kier alpha value is -4.12. The molecule has 2 aliphatic rings. The Labute approximate surface area is 208 Å². The summed E-state index contributed by atoms with van der Waals surface area (Å²) in [5, 5.41) is 20.1. The minimum Gasteiger partial charge on any atom is -0.475 e. The summed E-state index contributed by atoms with van der Waals surface area (Å²) in [6, 6.07) is 9.92. The third-order valence-electron chi connectivity index (χ3n) is 6.74. The number of fused-ring (bicyclic) bond motifs is 2. The fraction of sp³-hybridized carbons (Fsp3) is 0.435. The monoisotopic (exact) mass is 519 g/mol. The van der Waals surface area contributed by atoms with Crippen LogP contribution < -0.4 is 21.5 Å². The number of alkyl halides is 3. The van der Waals surface area contributed by atoms with Gasteiger partial charge in [0.2, 0.25) is 5.95 Å². The van der Waals surface area contributed by atoms with Gasteiger partial charge in [-0.1, -0.05) is 18.2 Å². The predicted molar refractivity (Wildman–Crippen MR) is 126 cm³/mol. The number of aromatic nitrogens is 4. The predicted octanol–water partition coefficient (Wildman–Crippen LogP) is 0.785. The number of nitrogens with one attached hydrogen (secondary N) is 1. The summed E-state index contributed by atoms with van der Waals surface area (Å²) < 4.78 is 36.2. The van der Waals surface area contributed by atoms with E-state index in [0.29, 0.717) is 41.2 Å². The van der Waals surface area contributed by atoms with Crippen molar-refractivity contribution < 1.29 is 23.1 Å². The van der Waals surface area contributed by atoms with Gasteiger partial charge in [0.05, 0.1) is 18.2 Å². The maximum absolute atomic E-state index is 13.1. The van der Waals surface area contributed by atoms with Crippen LogP contribution in [0.15, 0.2) is 33.9 Å². The summed E-state index contributed by atoms with van der Waals surface area (Å²) in [4.78, 5) is 41.6. The Kier molecular flexibility index (Phi) is 6.83. The van der Waals surface area contributed by atoms with Crippen LogP contribution in [0.4, 0.5) is 19.1 Å². The van der Waals surface area contributed by atoms with Crippen molar-refractivity contribution in [3.63, 3.8) is 0 Å². The SMILES string of the molecule is Cn1c(=O)c2c(nc(N3CCC4CNCC43)n2Cc2ccccc2C#N)n(C)c1=O.O=C(O)C(F)(F)F. The highest BCUT2D eigenvalue weighted by Gasteiger charge is 2.40. The molecule has 0 aliphatic carbocycles. The standard InChI is InChI=1S/C21H23N7O2.C2HF3O2/c1-25-18-17(19(29)26(2)21(25)30)28(12-15-6-4-3-5-13(15)9-22)20(24-18)27-8-7-14-10-23-11-16(14)27;3-2(4,5)1(6)7/h3-6,14,16,23H,7-8,10-12H2,1-2H3;(H,6,7). The molecule has 2 N–H and O–H groups in total. The summed E-state index contributed by atoms with van der Waals surface area (Å²) >= 11 is 0. The third kappa shape index (κ3) is 4.69. The smallest absolute Gasteiger partial charge is 0.475 e. The van der Waals surface area contributed by atoms with Gasteiger partial charge >= 0.3 is 17.8 Å². The van der Waals surface area contributed by atoms with E-state index >= 15 is 0 Å². The number of rotatable bonds is 3. The number of carboxylic acids is 1. The first-order chi connectivity index (χ1) is 17.5. The molecule has 5 rings (SSSR count). The van der Waals surface area contributed by atoms with E-state index in [1.54, 1.807) is 13.1 Å². The largest absolute Gasteiger partial charge is 0.490 e. The van der Waals surface area contributed by atoms with Crippen LogP contribution in [0.1, 0.15) is 17.5 Å². The lowest BCUT2D eigenvalue weighted by Gasteiger charge is -2.25. The maximum atomic E-state index is 13.1. The van der Waals surface area contributed by atoms with Gasteiger partial charge in [-0.05, 0) is 24.0 Å². The van der Waals surface area contributed by atoms with Gasteiger partial charge in [0, 0.05) is 39.8 Å². The first kappa shape index (κ1) is 26.0. The Morgan fingerprint density at radius 2 is 1.89 bits per heavy atom. The van der Waals surface area contributed by atoms with Crippen molar-refractivity contribution in [2.75, 3.05) is 24.5 Å². The van der Waals surface area contributed by atoms with Crippen LogP contribution in [0.3, 0.4) is 0 Å². The van der Waals surface area contributed by atoms with Crippen LogP contribution in [0.5, 0.6) is 0 Å². The second-order valence-electron chi connectivity index (χ2n) is 8.92. The second kappa shape index (κ2) is 9.74. The van der Waals surface area contributed by atoms with Gasteiger partial charge in [0.15, 0.2) is 11.2 Å². The molecular weight excluding hydrogens is 495 g/mol. The fourth-order valence-electron chi connectivity index (χ4n) is 4.84. The van der Waals surface area contributed by atoms with E-state index in [4.69, 9.17) is 14.9 Å². The molecule has 0 radical (unpaired) electrons. The van der Waals surface area contributed by atoms with Crippen molar-refractivity contribution in [3.05, 3.63) is 56.2 Å². The highest BCUT2D eigenvalue weighted by atomic mass is 19.4. The summed E-state index contributed by atoms with van der Waals surface area (Å²) in [6.45, 7) is 3.05. The topological polar surface area (TPSA) is 138 Å². The number of carbonyl (C=O) groups is 1. The van der Waals surface area contributed by atoms with Crippen molar-refractivity contribution >= 4 is 23.1 Å². The van der Waals surface area contributed by atoms with Crippen molar-refractivity contribution in [1.29, 1.82) is 5.26 Å². The highest BCUT2D eigenvalue weighted by Crippen LogP contribution is 2.33. The minimum atomic E-state index is -5.08. The van der Waals surface area contributed by atoms with Crippen molar-refractivity contribution in [2.45, 2.75) is 25.2 Å². The van der Waals surface area contributed by atoms with E-state index in [-0.39, 0.29) is 5.56 Å². The second-order valence-corrected chi connectivity index (χ2v) is 8.92. The molecule has 14 heteroatoms. The molecule has 3 aromatic rings. The lowest BCUT2D eigenvalue weighted by Crippen LogP contribution is -2.38. The molecule has 37 heavy (non-hydrogen) atoms. The first-order valence-corrected chi connectivity index (χ1v) is 11.4. The molecule has 2 saturated heterocycles. The summed E-state index contributed by atoms with van der Waals surface area (Å²) in [5.74, 6) is -1.52. The molecule has 2 fully saturated rings. The summed E-state index contributed by atoms with van der Waals surface area (Å²) in [7, 11) is 3.12. The number of anilines is 1. The van der Waals surface area contributed by atoms with Crippen molar-refractivity contribution in [2.24, 2.45) is 20.0 Å². The molecule has 2 aliphatic heterocycles. The van der Waals surface area contributed by atoms with Crippen LogP contribution in [0.25, 0.3) is 11.2 Å². The zero-order valence-corrected chi connectivity index (χ0v) is 20.0. The third-order valence-corrected chi connectivity index (χ3v) is 6.74. The van der Waals surface area contributed by atoms with E-state index in [2.05, 4.69) is 16.3 Å². The molecule has 196 valence electrons. The molecule has 1 aromatic carbocycles. The van der Waals surface area contributed by atoms with Crippen LogP contribution in [-0.4, -0.2) is 61.6 Å². The van der Waals surface area contributed by atoms with E-state index in [1.165, 1.54) is 11.6 Å². The quantitative estimate of drug-likeness (QED) is 0.518. The number of aliphatic carboxylic acids is 1. The zero-order chi connectivity index (χ0) is 27.1. The molecule has 0 amide bonds. The van der Waals surface area contributed by atoms with E-state index in [0.717, 1.165) is 36.2 Å². The number of hydrogen-bond donors (Lipinski definition) is 2. The molecule has 0 bridgehead atoms. The normalized spacial score (nSPS) is 18.9. The molecule has 0 saturated carbocycles. The molecule has 2 aromatic heterocycles. The van der Waals surface area contributed by atoms with Gasteiger partial charge in [-0.3, -0.25) is 18.5 Å². The van der Waals surface area contributed by atoms with Gasteiger partial charge in [-0.25, -0.2) is 9.59 Å². The number of nitrogens with zero attached hydrogens (tertiary/aromatic N) is 6. The number of carboxylic acid groups (broad SMARTS) is 1. The van der Waals surface area contributed by atoms with Gasteiger partial charge in [-0.15, -0.1) is 0 Å². The summed E-state index contributed by atoms with van der Waals surface area (Å²) in [5.41, 5.74) is 1.37. The molecule has 4 heterocycles. The number of hydrogen-bond acceptors (Lipinski definition) is 7. The molecule has 0 spiro atoms. The average molecular weight is 519 g/mol. The zero-order valence-electron chi connectivity index (χ0n) is 20.0. The van der Waals surface area contributed by atoms with Gasteiger partial charge in [0.25, 0.3) is 5.56 Å². The number of nitriles is 1. The Morgan fingerprint density at radius 3 is 2.54 bits per heavy atom. The van der Waals surface area contributed by atoms with E-state index in [9.17, 15) is 28.0 Å². The Balaban J connectivity index is 0.000000405. The Morgan fingerprint density at radius 1 is 1.22 bits per heavy atom. The molecule has 2 atom stereocenters. The van der Waals surface area contributed by atoms with Crippen LogP contribution in [0.2, 0.25) is 0 Å².